The molecule has 106 valence electrons. The largest absolute Gasteiger partial charge is 0.352 e. The van der Waals surface area contributed by atoms with Gasteiger partial charge in [0.15, 0.2) is 0 Å². The van der Waals surface area contributed by atoms with Crippen molar-refractivity contribution in [1.29, 1.82) is 0 Å². The second kappa shape index (κ2) is 6.58. The van der Waals surface area contributed by atoms with Crippen molar-refractivity contribution >= 4 is 17.4 Å². The van der Waals surface area contributed by atoms with E-state index in [0.717, 1.165) is 22.9 Å². The van der Waals surface area contributed by atoms with Gasteiger partial charge >= 0.3 is 0 Å². The lowest BCUT2D eigenvalue weighted by Crippen LogP contribution is -2.37. The molecule has 0 saturated heterocycles. The third kappa shape index (κ3) is 3.61. The number of halogens is 1. The van der Waals surface area contributed by atoms with Gasteiger partial charge in [0.25, 0.3) is 0 Å². The maximum atomic E-state index is 6.41. The molecule has 3 nitrogen and oxygen atoms in total. The van der Waals surface area contributed by atoms with E-state index in [9.17, 15) is 0 Å². The molecule has 2 N–H and O–H groups in total. The smallest absolute Gasteiger partial charge is 0.147 e. The van der Waals surface area contributed by atoms with Crippen LogP contribution in [0.4, 0.5) is 5.82 Å². The molecule has 0 bridgehead atoms. The molecule has 0 aliphatic heterocycles. The summed E-state index contributed by atoms with van der Waals surface area (Å²) in [5, 5.41) is 0.732. The van der Waals surface area contributed by atoms with Gasteiger partial charge in [-0.05, 0) is 30.4 Å². The Morgan fingerprint density at radius 1 is 1.42 bits per heavy atom. The summed E-state index contributed by atoms with van der Waals surface area (Å²) in [4.78, 5) is 6.96. The van der Waals surface area contributed by atoms with E-state index in [1.807, 2.05) is 12.3 Å². The fraction of sp³-hybridized carbons (Fsp3) is 0.667. The topological polar surface area (TPSA) is 42.2 Å². The standard InChI is InChI=1S/C15H24ClN3/c1-11(2)10-19(13-5-3-4-6-13)15-14(16)7-12(8-17)9-18-15/h7,9,11,13H,3-6,8,10,17H2,1-2H3. The molecule has 19 heavy (non-hydrogen) atoms. The first-order valence-corrected chi connectivity index (χ1v) is 7.60. The van der Waals surface area contributed by atoms with Crippen LogP contribution in [0.2, 0.25) is 5.02 Å². The predicted octanol–water partition coefficient (Wildman–Crippen LogP) is 3.60. The highest BCUT2D eigenvalue weighted by Crippen LogP contribution is 2.32. The minimum absolute atomic E-state index is 0.487. The highest BCUT2D eigenvalue weighted by atomic mass is 35.5. The highest BCUT2D eigenvalue weighted by Gasteiger charge is 2.25. The monoisotopic (exact) mass is 281 g/mol. The van der Waals surface area contributed by atoms with Crippen molar-refractivity contribution in [3.05, 3.63) is 22.8 Å². The van der Waals surface area contributed by atoms with Crippen molar-refractivity contribution in [1.82, 2.24) is 4.98 Å². The summed E-state index contributed by atoms with van der Waals surface area (Å²) in [7, 11) is 0. The zero-order valence-corrected chi connectivity index (χ0v) is 12.7. The Bertz CT molecular complexity index is 414. The molecule has 1 fully saturated rings. The summed E-state index contributed by atoms with van der Waals surface area (Å²) in [5.74, 6) is 1.53. The van der Waals surface area contributed by atoms with Crippen LogP contribution in [0.15, 0.2) is 12.3 Å². The lowest BCUT2D eigenvalue weighted by Gasteiger charge is -2.32. The second-order valence-corrected chi connectivity index (χ2v) is 6.24. The molecule has 1 saturated carbocycles. The first-order valence-electron chi connectivity index (χ1n) is 7.23. The number of hydrogen-bond donors (Lipinski definition) is 1. The molecule has 1 aliphatic rings. The maximum absolute atomic E-state index is 6.41. The lowest BCUT2D eigenvalue weighted by molar-refractivity contribution is 0.531. The third-order valence-electron chi connectivity index (χ3n) is 3.71. The number of nitrogens with zero attached hydrogens (tertiary/aromatic N) is 2. The van der Waals surface area contributed by atoms with Crippen LogP contribution in [0, 0.1) is 5.92 Å². The third-order valence-corrected chi connectivity index (χ3v) is 3.99. The molecule has 2 rings (SSSR count). The minimum Gasteiger partial charge on any atom is -0.352 e. The zero-order valence-electron chi connectivity index (χ0n) is 11.9. The Morgan fingerprint density at radius 3 is 2.63 bits per heavy atom. The fourth-order valence-electron chi connectivity index (χ4n) is 2.81. The molecular formula is C15H24ClN3. The summed E-state index contributed by atoms with van der Waals surface area (Å²) >= 11 is 6.41. The van der Waals surface area contributed by atoms with E-state index in [1.165, 1.54) is 25.7 Å². The lowest BCUT2D eigenvalue weighted by atomic mass is 10.1. The molecule has 0 amide bonds. The molecular weight excluding hydrogens is 258 g/mol. The molecule has 1 aromatic heterocycles. The van der Waals surface area contributed by atoms with Crippen molar-refractivity contribution in [3.8, 4) is 0 Å². The average Bonchev–Trinajstić information content (AvgIpc) is 2.89. The van der Waals surface area contributed by atoms with Crippen molar-refractivity contribution < 1.29 is 0 Å². The van der Waals surface area contributed by atoms with Crippen molar-refractivity contribution in [2.24, 2.45) is 11.7 Å². The van der Waals surface area contributed by atoms with Crippen LogP contribution in [0.3, 0.4) is 0 Å². The van der Waals surface area contributed by atoms with Gasteiger partial charge in [0.1, 0.15) is 5.82 Å². The summed E-state index contributed by atoms with van der Waals surface area (Å²) < 4.78 is 0. The van der Waals surface area contributed by atoms with E-state index in [2.05, 4.69) is 23.7 Å². The number of nitrogens with two attached hydrogens (primary N) is 1. The Kier molecular flexibility index (Phi) is 5.06. The van der Waals surface area contributed by atoms with Crippen molar-refractivity contribution in [3.63, 3.8) is 0 Å². The summed E-state index contributed by atoms with van der Waals surface area (Å²) in [6, 6.07) is 2.54. The first kappa shape index (κ1) is 14.6. The molecule has 1 aliphatic carbocycles. The van der Waals surface area contributed by atoms with Gasteiger partial charge in [-0.1, -0.05) is 38.3 Å². The Morgan fingerprint density at radius 2 is 2.11 bits per heavy atom. The van der Waals surface area contributed by atoms with Gasteiger partial charge in [-0.25, -0.2) is 4.98 Å². The molecule has 0 spiro atoms. The van der Waals surface area contributed by atoms with Crippen LogP contribution in [0.1, 0.15) is 45.1 Å². The molecule has 0 radical (unpaired) electrons. The average molecular weight is 282 g/mol. The second-order valence-electron chi connectivity index (χ2n) is 5.84. The Hall–Kier alpha value is -0.800. The molecule has 0 unspecified atom stereocenters. The van der Waals surface area contributed by atoms with Crippen molar-refractivity contribution in [2.45, 2.75) is 52.1 Å². The molecule has 1 heterocycles. The SMILES string of the molecule is CC(C)CN(c1ncc(CN)cc1Cl)C1CCCC1. The van der Waals surface area contributed by atoms with E-state index < -0.39 is 0 Å². The van der Waals surface area contributed by atoms with E-state index >= 15 is 0 Å². The van der Waals surface area contributed by atoms with Crippen LogP contribution >= 0.6 is 11.6 Å². The minimum atomic E-state index is 0.487. The van der Waals surface area contributed by atoms with Gasteiger partial charge in [-0.2, -0.15) is 0 Å². The summed E-state index contributed by atoms with van der Waals surface area (Å²) in [6.07, 6.45) is 6.99. The van der Waals surface area contributed by atoms with Crippen LogP contribution in [-0.2, 0) is 6.54 Å². The van der Waals surface area contributed by atoms with Gasteiger partial charge in [0, 0.05) is 25.3 Å². The quantitative estimate of drug-likeness (QED) is 0.897. The number of hydrogen-bond acceptors (Lipinski definition) is 3. The predicted molar refractivity (Wildman–Crippen MR) is 81.6 cm³/mol. The van der Waals surface area contributed by atoms with Crippen LogP contribution in [0.5, 0.6) is 0 Å². The van der Waals surface area contributed by atoms with Gasteiger partial charge < -0.3 is 10.6 Å². The maximum Gasteiger partial charge on any atom is 0.147 e. The van der Waals surface area contributed by atoms with Gasteiger partial charge in [0.05, 0.1) is 5.02 Å². The number of aromatic nitrogens is 1. The van der Waals surface area contributed by atoms with E-state index in [-0.39, 0.29) is 0 Å². The Balaban J connectivity index is 2.26. The normalized spacial score (nSPS) is 16.3. The summed E-state index contributed by atoms with van der Waals surface area (Å²) in [6.45, 7) is 5.98. The van der Waals surface area contributed by atoms with Gasteiger partial charge in [0.2, 0.25) is 0 Å². The number of pyridine rings is 1. The van der Waals surface area contributed by atoms with Crippen molar-refractivity contribution in [2.75, 3.05) is 11.4 Å². The molecule has 4 heteroatoms. The number of anilines is 1. The molecule has 0 atom stereocenters. The molecule has 1 aromatic rings. The zero-order chi connectivity index (χ0) is 13.8. The molecule has 0 aromatic carbocycles. The number of rotatable bonds is 5. The Labute approximate surface area is 121 Å². The first-order chi connectivity index (χ1) is 9.11. The van der Waals surface area contributed by atoms with Gasteiger partial charge in [-0.3, -0.25) is 0 Å². The van der Waals surface area contributed by atoms with E-state index in [0.29, 0.717) is 18.5 Å². The van der Waals surface area contributed by atoms with Crippen LogP contribution < -0.4 is 10.6 Å². The fourth-order valence-corrected chi connectivity index (χ4v) is 3.11. The van der Waals surface area contributed by atoms with E-state index in [1.54, 1.807) is 0 Å². The van der Waals surface area contributed by atoms with E-state index in [4.69, 9.17) is 17.3 Å². The van der Waals surface area contributed by atoms with Gasteiger partial charge in [-0.15, -0.1) is 0 Å². The van der Waals surface area contributed by atoms with Crippen LogP contribution in [0.25, 0.3) is 0 Å². The summed E-state index contributed by atoms with van der Waals surface area (Å²) in [5.41, 5.74) is 6.63. The van der Waals surface area contributed by atoms with Crippen LogP contribution in [-0.4, -0.2) is 17.6 Å². The highest BCUT2D eigenvalue weighted by molar-refractivity contribution is 6.33.